The molecule has 2 N–H and O–H groups in total. The summed E-state index contributed by atoms with van der Waals surface area (Å²) in [6, 6.07) is 0. The Labute approximate surface area is 134 Å². The highest BCUT2D eigenvalue weighted by Gasteiger charge is 2.09. The molecule has 23 heavy (non-hydrogen) atoms. The number of aliphatic carboxylic acids is 2. The molecular formula is C15H22N2O6. The second-order valence-corrected chi connectivity index (χ2v) is 5.14. The second kappa shape index (κ2) is 11.2. The average Bonchev–Trinajstić information content (AvgIpc) is 2.46. The fraction of sp³-hybridized carbons (Fsp3) is 0.600. The summed E-state index contributed by atoms with van der Waals surface area (Å²) in [4.78, 5) is 51.8. The number of ketones is 2. The van der Waals surface area contributed by atoms with Crippen molar-refractivity contribution in [1.82, 2.24) is 0 Å². The molecule has 0 bridgehead atoms. The molecule has 0 aliphatic carbocycles. The van der Waals surface area contributed by atoms with Crippen molar-refractivity contribution in [1.29, 1.82) is 0 Å². The van der Waals surface area contributed by atoms with E-state index in [9.17, 15) is 19.2 Å². The van der Waals surface area contributed by atoms with Crippen LogP contribution in [-0.4, -0.2) is 58.2 Å². The Morgan fingerprint density at radius 1 is 0.696 bits per heavy atom. The maximum atomic E-state index is 11.6. The highest BCUT2D eigenvalue weighted by atomic mass is 16.4. The summed E-state index contributed by atoms with van der Waals surface area (Å²) in [5.41, 5.74) is 1.10. The summed E-state index contributed by atoms with van der Waals surface area (Å²) in [6.45, 7) is 2.96. The van der Waals surface area contributed by atoms with Gasteiger partial charge < -0.3 is 10.2 Å². The van der Waals surface area contributed by atoms with E-state index < -0.39 is 11.9 Å². The van der Waals surface area contributed by atoms with Gasteiger partial charge in [-0.15, -0.1) is 0 Å². The normalized spacial score (nSPS) is 12.1. The predicted molar refractivity (Wildman–Crippen MR) is 84.3 cm³/mol. The predicted octanol–water partition coefficient (Wildman–Crippen LogP) is 1.17. The monoisotopic (exact) mass is 326 g/mol. The third-order valence-corrected chi connectivity index (χ3v) is 2.85. The number of carbonyl (C=O) groups is 4. The van der Waals surface area contributed by atoms with Gasteiger partial charge in [-0.25, -0.2) is 0 Å². The number of nitrogens with zero attached hydrogens (tertiary/aromatic N) is 2. The van der Waals surface area contributed by atoms with Crippen molar-refractivity contribution in [2.24, 2.45) is 9.98 Å². The van der Waals surface area contributed by atoms with Crippen LogP contribution < -0.4 is 0 Å². The van der Waals surface area contributed by atoms with Crippen LogP contribution in [0.2, 0.25) is 0 Å². The molecule has 8 nitrogen and oxygen atoms in total. The zero-order valence-corrected chi connectivity index (χ0v) is 13.4. The van der Waals surface area contributed by atoms with Crippen molar-refractivity contribution < 1.29 is 29.4 Å². The number of carboxylic acid groups (broad SMARTS) is 2. The van der Waals surface area contributed by atoms with Crippen LogP contribution in [0.4, 0.5) is 0 Å². The minimum atomic E-state index is -0.933. The van der Waals surface area contributed by atoms with Crippen molar-refractivity contribution >= 4 is 34.9 Å². The lowest BCUT2D eigenvalue weighted by Crippen LogP contribution is -2.14. The lowest BCUT2D eigenvalue weighted by molar-refractivity contribution is -0.137. The summed E-state index contributed by atoms with van der Waals surface area (Å²) < 4.78 is 0. The molecule has 0 fully saturated rings. The van der Waals surface area contributed by atoms with Crippen molar-refractivity contribution in [3.8, 4) is 0 Å². The molecule has 8 heteroatoms. The number of hydrogen-bond acceptors (Lipinski definition) is 6. The van der Waals surface area contributed by atoms with Crippen LogP contribution in [0, 0.1) is 0 Å². The number of carbonyl (C=O) groups excluding carboxylic acids is 2. The fourth-order valence-electron chi connectivity index (χ4n) is 1.51. The Kier molecular flexibility index (Phi) is 10.1. The minimum Gasteiger partial charge on any atom is -0.481 e. The third kappa shape index (κ3) is 13.0. The number of rotatable bonds is 12. The highest BCUT2D eigenvalue weighted by molar-refractivity contribution is 6.02. The van der Waals surface area contributed by atoms with Crippen molar-refractivity contribution in [2.75, 3.05) is 13.1 Å². The zero-order chi connectivity index (χ0) is 17.8. The van der Waals surface area contributed by atoms with Gasteiger partial charge in [0.15, 0.2) is 11.6 Å². The summed E-state index contributed by atoms with van der Waals surface area (Å²) in [7, 11) is 0. The average molecular weight is 326 g/mol. The summed E-state index contributed by atoms with van der Waals surface area (Å²) >= 11 is 0. The third-order valence-electron chi connectivity index (χ3n) is 2.85. The van der Waals surface area contributed by atoms with E-state index in [1.54, 1.807) is 13.8 Å². The quantitative estimate of drug-likeness (QED) is 0.408. The molecule has 0 heterocycles. The molecule has 0 saturated heterocycles. The second-order valence-electron chi connectivity index (χ2n) is 5.14. The lowest BCUT2D eigenvalue weighted by Gasteiger charge is -2.00. The van der Waals surface area contributed by atoms with Gasteiger partial charge in [0.2, 0.25) is 0 Å². The fourth-order valence-corrected chi connectivity index (χ4v) is 1.51. The molecule has 0 aliphatic heterocycles. The van der Waals surface area contributed by atoms with Crippen LogP contribution in [0.25, 0.3) is 0 Å². The number of hydrogen-bond donors (Lipinski definition) is 2. The number of aliphatic imine (C=N–C) groups is 2. The number of Topliss-reactive ketones (excluding diaryl/α,β-unsaturated/α-hetero) is 2. The first-order chi connectivity index (χ1) is 10.7. The van der Waals surface area contributed by atoms with E-state index in [2.05, 4.69) is 9.98 Å². The van der Waals surface area contributed by atoms with Crippen LogP contribution >= 0.6 is 0 Å². The molecule has 0 aromatic carbocycles. The van der Waals surface area contributed by atoms with Crippen LogP contribution in [0.3, 0.4) is 0 Å². The highest BCUT2D eigenvalue weighted by Crippen LogP contribution is 1.97. The van der Waals surface area contributed by atoms with Gasteiger partial charge in [0.1, 0.15) is 0 Å². The Bertz CT molecular complexity index is 476. The van der Waals surface area contributed by atoms with E-state index in [0.717, 1.165) is 0 Å². The van der Waals surface area contributed by atoms with E-state index in [0.29, 0.717) is 11.4 Å². The SMILES string of the molecule is CC(CCC(=O)O)=NCC(=O)CC(=O)CN=C(C)CCC(=O)O. The van der Waals surface area contributed by atoms with Gasteiger partial charge in [0.05, 0.1) is 32.4 Å². The molecule has 0 rings (SSSR count). The van der Waals surface area contributed by atoms with Gasteiger partial charge in [-0.2, -0.15) is 0 Å². The Balaban J connectivity index is 4.12. The maximum Gasteiger partial charge on any atom is 0.303 e. The molecule has 0 saturated carbocycles. The summed E-state index contributed by atoms with van der Waals surface area (Å²) in [5, 5.41) is 17.0. The molecule has 0 amide bonds. The molecule has 128 valence electrons. The first kappa shape index (κ1) is 20.6. The minimum absolute atomic E-state index is 0.0488. The van der Waals surface area contributed by atoms with E-state index in [1.165, 1.54) is 0 Å². The van der Waals surface area contributed by atoms with Crippen molar-refractivity contribution in [3.63, 3.8) is 0 Å². The van der Waals surface area contributed by atoms with Crippen LogP contribution in [-0.2, 0) is 19.2 Å². The van der Waals surface area contributed by atoms with Crippen molar-refractivity contribution in [2.45, 2.75) is 46.0 Å². The smallest absolute Gasteiger partial charge is 0.303 e. The first-order valence-electron chi connectivity index (χ1n) is 7.17. The van der Waals surface area contributed by atoms with Crippen molar-refractivity contribution in [3.05, 3.63) is 0 Å². The first-order valence-corrected chi connectivity index (χ1v) is 7.17. The molecule has 0 atom stereocenters. The standard InChI is InChI=1S/C15H22N2O6/c1-10(3-5-14(20)21)16-8-12(18)7-13(19)9-17-11(2)4-6-15(22)23/h3-9H2,1-2H3,(H,20,21)(H,22,23). The Morgan fingerprint density at radius 2 is 1.04 bits per heavy atom. The van der Waals surface area contributed by atoms with Gasteiger partial charge in [-0.3, -0.25) is 29.2 Å². The Hall–Kier alpha value is -2.38. The molecule has 0 aromatic heterocycles. The van der Waals surface area contributed by atoms with E-state index >= 15 is 0 Å². The molecule has 0 aromatic rings. The molecule has 0 spiro atoms. The Morgan fingerprint density at radius 3 is 1.35 bits per heavy atom. The zero-order valence-electron chi connectivity index (χ0n) is 13.4. The maximum absolute atomic E-state index is 11.6. The van der Waals surface area contributed by atoms with Gasteiger partial charge in [0, 0.05) is 11.4 Å². The largest absolute Gasteiger partial charge is 0.481 e. The topological polar surface area (TPSA) is 133 Å². The molecule has 0 aliphatic rings. The van der Waals surface area contributed by atoms with Gasteiger partial charge in [-0.05, 0) is 26.7 Å². The van der Waals surface area contributed by atoms with Crippen LogP contribution in [0.5, 0.6) is 0 Å². The molecule has 0 unspecified atom stereocenters. The van der Waals surface area contributed by atoms with E-state index in [-0.39, 0.29) is 56.8 Å². The van der Waals surface area contributed by atoms with Gasteiger partial charge in [-0.1, -0.05) is 0 Å². The molecular weight excluding hydrogens is 304 g/mol. The van der Waals surface area contributed by atoms with Crippen LogP contribution in [0.1, 0.15) is 46.0 Å². The van der Waals surface area contributed by atoms with Crippen LogP contribution in [0.15, 0.2) is 9.98 Å². The lowest BCUT2D eigenvalue weighted by atomic mass is 10.2. The molecule has 0 radical (unpaired) electrons. The van der Waals surface area contributed by atoms with E-state index in [1.807, 2.05) is 0 Å². The van der Waals surface area contributed by atoms with Gasteiger partial charge >= 0.3 is 11.9 Å². The van der Waals surface area contributed by atoms with Gasteiger partial charge in [0.25, 0.3) is 0 Å². The number of carboxylic acids is 2. The summed E-state index contributed by atoms with van der Waals surface area (Å²) in [6.07, 6.45) is 0.151. The van der Waals surface area contributed by atoms with E-state index in [4.69, 9.17) is 10.2 Å². The summed E-state index contributed by atoms with van der Waals surface area (Å²) in [5.74, 6) is -2.58.